The Kier molecular flexibility index (Phi) is 4.07. The van der Waals surface area contributed by atoms with Gasteiger partial charge < -0.3 is 10.6 Å². The standard InChI is InChI=1S/C10H17N3S/c1-8(7-14-3)13(2)9-5-4-6-12-10(9)11/h4-6,8H,7H2,1-3H3,(H2,11,12). The third kappa shape index (κ3) is 2.54. The van der Waals surface area contributed by atoms with Crippen molar-refractivity contribution in [3.05, 3.63) is 18.3 Å². The predicted octanol–water partition coefficient (Wildman–Crippen LogP) is 1.85. The Labute approximate surface area is 89.7 Å². The molecular weight excluding hydrogens is 194 g/mol. The van der Waals surface area contributed by atoms with Gasteiger partial charge in [0.2, 0.25) is 0 Å². The van der Waals surface area contributed by atoms with Gasteiger partial charge in [0.1, 0.15) is 5.82 Å². The average molecular weight is 211 g/mol. The normalized spacial score (nSPS) is 12.5. The smallest absolute Gasteiger partial charge is 0.146 e. The van der Waals surface area contributed by atoms with Gasteiger partial charge in [0, 0.05) is 25.0 Å². The third-order valence-electron chi connectivity index (χ3n) is 2.27. The van der Waals surface area contributed by atoms with E-state index in [1.807, 2.05) is 30.9 Å². The average Bonchev–Trinajstić information content (AvgIpc) is 2.18. The monoisotopic (exact) mass is 211 g/mol. The molecule has 0 bridgehead atoms. The largest absolute Gasteiger partial charge is 0.382 e. The molecule has 0 fully saturated rings. The summed E-state index contributed by atoms with van der Waals surface area (Å²) in [5, 5.41) is 0. The molecule has 1 aromatic heterocycles. The predicted molar refractivity (Wildman–Crippen MR) is 64.9 cm³/mol. The Morgan fingerprint density at radius 2 is 2.36 bits per heavy atom. The number of nitrogens with two attached hydrogens (primary N) is 1. The maximum absolute atomic E-state index is 5.80. The van der Waals surface area contributed by atoms with E-state index in [9.17, 15) is 0 Å². The molecule has 1 unspecified atom stereocenters. The lowest BCUT2D eigenvalue weighted by molar-refractivity contribution is 0.765. The van der Waals surface area contributed by atoms with E-state index in [4.69, 9.17) is 5.73 Å². The number of aromatic nitrogens is 1. The summed E-state index contributed by atoms with van der Waals surface area (Å²) in [6.07, 6.45) is 3.82. The van der Waals surface area contributed by atoms with E-state index in [1.165, 1.54) is 0 Å². The Morgan fingerprint density at radius 1 is 1.64 bits per heavy atom. The van der Waals surface area contributed by atoms with Crippen LogP contribution >= 0.6 is 11.8 Å². The van der Waals surface area contributed by atoms with E-state index in [0.717, 1.165) is 11.4 Å². The Morgan fingerprint density at radius 3 is 2.93 bits per heavy atom. The van der Waals surface area contributed by atoms with Crippen molar-refractivity contribution in [1.29, 1.82) is 0 Å². The molecule has 0 aliphatic heterocycles. The van der Waals surface area contributed by atoms with E-state index in [-0.39, 0.29) is 0 Å². The molecule has 78 valence electrons. The SMILES string of the molecule is CSCC(C)N(C)c1cccnc1N. The van der Waals surface area contributed by atoms with Gasteiger partial charge in [-0.25, -0.2) is 4.98 Å². The zero-order valence-corrected chi connectivity index (χ0v) is 9.71. The summed E-state index contributed by atoms with van der Waals surface area (Å²) in [5.74, 6) is 1.69. The van der Waals surface area contributed by atoms with Gasteiger partial charge in [-0.15, -0.1) is 0 Å². The summed E-state index contributed by atoms with van der Waals surface area (Å²) < 4.78 is 0. The van der Waals surface area contributed by atoms with Crippen LogP contribution in [0.3, 0.4) is 0 Å². The first kappa shape index (κ1) is 11.2. The fourth-order valence-corrected chi connectivity index (χ4v) is 2.00. The maximum Gasteiger partial charge on any atom is 0.146 e. The highest BCUT2D eigenvalue weighted by molar-refractivity contribution is 7.98. The minimum absolute atomic E-state index is 0.469. The fourth-order valence-electron chi connectivity index (χ4n) is 1.30. The van der Waals surface area contributed by atoms with Crippen molar-refractivity contribution >= 4 is 23.3 Å². The summed E-state index contributed by atoms with van der Waals surface area (Å²) >= 11 is 1.84. The maximum atomic E-state index is 5.80. The van der Waals surface area contributed by atoms with E-state index in [0.29, 0.717) is 11.9 Å². The van der Waals surface area contributed by atoms with Crippen LogP contribution in [0.5, 0.6) is 0 Å². The second-order valence-electron chi connectivity index (χ2n) is 3.32. The molecule has 1 rings (SSSR count). The van der Waals surface area contributed by atoms with Crippen LogP contribution in [0.1, 0.15) is 6.92 Å². The molecular formula is C10H17N3S. The van der Waals surface area contributed by atoms with Crippen molar-refractivity contribution in [2.45, 2.75) is 13.0 Å². The van der Waals surface area contributed by atoms with Crippen LogP contribution in [0.15, 0.2) is 18.3 Å². The first-order valence-electron chi connectivity index (χ1n) is 4.59. The molecule has 1 atom stereocenters. The molecule has 0 amide bonds. The molecule has 0 spiro atoms. The van der Waals surface area contributed by atoms with Crippen LogP contribution in [0, 0.1) is 0 Å². The molecule has 0 saturated heterocycles. The number of hydrogen-bond acceptors (Lipinski definition) is 4. The molecule has 3 nitrogen and oxygen atoms in total. The fraction of sp³-hybridized carbons (Fsp3) is 0.500. The molecule has 14 heavy (non-hydrogen) atoms. The molecule has 2 N–H and O–H groups in total. The van der Waals surface area contributed by atoms with Crippen molar-refractivity contribution in [3.8, 4) is 0 Å². The zero-order chi connectivity index (χ0) is 10.6. The molecule has 1 aromatic rings. The Hall–Kier alpha value is -0.900. The van der Waals surface area contributed by atoms with Crippen molar-refractivity contribution in [3.63, 3.8) is 0 Å². The topological polar surface area (TPSA) is 42.2 Å². The van der Waals surface area contributed by atoms with E-state index >= 15 is 0 Å². The van der Waals surface area contributed by atoms with Gasteiger partial charge in [-0.05, 0) is 25.3 Å². The summed E-state index contributed by atoms with van der Waals surface area (Å²) in [4.78, 5) is 6.24. The number of thioether (sulfide) groups is 1. The van der Waals surface area contributed by atoms with Gasteiger partial charge in [-0.1, -0.05) is 0 Å². The molecule has 4 heteroatoms. The second-order valence-corrected chi connectivity index (χ2v) is 4.23. The van der Waals surface area contributed by atoms with Gasteiger partial charge in [-0.2, -0.15) is 11.8 Å². The Bertz CT molecular complexity index is 290. The van der Waals surface area contributed by atoms with E-state index in [1.54, 1.807) is 6.20 Å². The van der Waals surface area contributed by atoms with Crippen molar-refractivity contribution in [2.75, 3.05) is 29.7 Å². The van der Waals surface area contributed by atoms with E-state index in [2.05, 4.69) is 23.1 Å². The van der Waals surface area contributed by atoms with Crippen LogP contribution in [-0.4, -0.2) is 30.1 Å². The highest BCUT2D eigenvalue weighted by atomic mass is 32.2. The van der Waals surface area contributed by atoms with Gasteiger partial charge in [0.15, 0.2) is 0 Å². The van der Waals surface area contributed by atoms with Crippen LogP contribution in [0.4, 0.5) is 11.5 Å². The number of nitrogens with zero attached hydrogens (tertiary/aromatic N) is 2. The highest BCUT2D eigenvalue weighted by Crippen LogP contribution is 2.21. The van der Waals surface area contributed by atoms with Gasteiger partial charge in [0.25, 0.3) is 0 Å². The first-order valence-corrected chi connectivity index (χ1v) is 5.98. The van der Waals surface area contributed by atoms with E-state index < -0.39 is 0 Å². The lowest BCUT2D eigenvalue weighted by atomic mass is 10.3. The molecule has 0 radical (unpaired) electrons. The number of hydrogen-bond donors (Lipinski definition) is 1. The minimum atomic E-state index is 0.469. The number of anilines is 2. The summed E-state index contributed by atoms with van der Waals surface area (Å²) in [6.45, 7) is 2.18. The lowest BCUT2D eigenvalue weighted by Gasteiger charge is -2.26. The van der Waals surface area contributed by atoms with Crippen molar-refractivity contribution in [2.24, 2.45) is 0 Å². The Balaban J connectivity index is 2.78. The minimum Gasteiger partial charge on any atom is -0.382 e. The van der Waals surface area contributed by atoms with Crippen LogP contribution in [-0.2, 0) is 0 Å². The molecule has 0 aromatic carbocycles. The number of pyridine rings is 1. The summed E-state index contributed by atoms with van der Waals surface area (Å²) in [5.41, 5.74) is 6.80. The molecule has 0 saturated carbocycles. The number of nitrogen functional groups attached to an aromatic ring is 1. The molecule has 0 aliphatic carbocycles. The summed E-state index contributed by atoms with van der Waals surface area (Å²) in [7, 11) is 2.05. The zero-order valence-electron chi connectivity index (χ0n) is 8.90. The van der Waals surface area contributed by atoms with Crippen molar-refractivity contribution < 1.29 is 0 Å². The van der Waals surface area contributed by atoms with Crippen molar-refractivity contribution in [1.82, 2.24) is 4.98 Å². The quantitative estimate of drug-likeness (QED) is 0.825. The van der Waals surface area contributed by atoms with Crippen LogP contribution in [0.25, 0.3) is 0 Å². The number of rotatable bonds is 4. The lowest BCUT2D eigenvalue weighted by Crippen LogP contribution is -2.31. The highest BCUT2D eigenvalue weighted by Gasteiger charge is 2.11. The summed E-state index contributed by atoms with van der Waals surface area (Å²) in [6, 6.07) is 4.38. The van der Waals surface area contributed by atoms with Gasteiger partial charge >= 0.3 is 0 Å². The first-order chi connectivity index (χ1) is 6.66. The van der Waals surface area contributed by atoms with Crippen LogP contribution < -0.4 is 10.6 Å². The third-order valence-corrected chi connectivity index (χ3v) is 3.08. The second kappa shape index (κ2) is 5.10. The van der Waals surface area contributed by atoms with Gasteiger partial charge in [-0.3, -0.25) is 0 Å². The van der Waals surface area contributed by atoms with Gasteiger partial charge in [0.05, 0.1) is 5.69 Å². The molecule has 0 aliphatic rings. The van der Waals surface area contributed by atoms with Crippen LogP contribution in [0.2, 0.25) is 0 Å². The molecule has 1 heterocycles.